The second-order valence-electron chi connectivity index (χ2n) is 6.73. The molecule has 5 rings (SSSR count). The number of anilines is 1. The Balaban J connectivity index is 1.46. The van der Waals surface area contributed by atoms with E-state index in [1.807, 2.05) is 66.7 Å². The van der Waals surface area contributed by atoms with E-state index in [4.69, 9.17) is 0 Å². The third-order valence-electron chi connectivity index (χ3n) is 4.79. The standard InChI is InChI=1S/C24H16N2O2S/c27-21-12-11-18(14-19(21)24-26-20-7-3-4-8-22(20)29-24)25-23(28)17-10-9-15-5-1-2-6-16(15)13-17/h1-14,27H,(H,25,28). The van der Waals surface area contributed by atoms with Crippen LogP contribution in [0.15, 0.2) is 84.9 Å². The normalized spacial score (nSPS) is 11.0. The van der Waals surface area contributed by atoms with Gasteiger partial charge < -0.3 is 10.4 Å². The van der Waals surface area contributed by atoms with Gasteiger partial charge in [-0.3, -0.25) is 4.79 Å². The van der Waals surface area contributed by atoms with Crippen LogP contribution in [0.1, 0.15) is 10.4 Å². The van der Waals surface area contributed by atoms with Gasteiger partial charge in [-0.25, -0.2) is 4.98 Å². The van der Waals surface area contributed by atoms with E-state index >= 15 is 0 Å². The molecule has 4 nitrogen and oxygen atoms in total. The van der Waals surface area contributed by atoms with Crippen LogP contribution < -0.4 is 5.32 Å². The number of phenolic OH excluding ortho intramolecular Hbond substituents is 1. The van der Waals surface area contributed by atoms with Crippen molar-refractivity contribution in [1.82, 2.24) is 4.98 Å². The molecule has 5 heteroatoms. The molecule has 0 bridgehead atoms. The van der Waals surface area contributed by atoms with Crippen LogP contribution in [0.5, 0.6) is 5.75 Å². The van der Waals surface area contributed by atoms with Crippen LogP contribution in [0, 0.1) is 0 Å². The van der Waals surface area contributed by atoms with Gasteiger partial charge in [0.25, 0.3) is 5.91 Å². The first-order chi connectivity index (χ1) is 14.2. The van der Waals surface area contributed by atoms with Gasteiger partial charge in [-0.05, 0) is 53.2 Å². The molecule has 140 valence electrons. The monoisotopic (exact) mass is 396 g/mol. The molecule has 5 aromatic rings. The van der Waals surface area contributed by atoms with Gasteiger partial charge in [-0.2, -0.15) is 0 Å². The third-order valence-corrected chi connectivity index (χ3v) is 5.86. The molecule has 1 amide bonds. The van der Waals surface area contributed by atoms with Crippen LogP contribution in [0.4, 0.5) is 5.69 Å². The average Bonchev–Trinajstić information content (AvgIpc) is 3.18. The van der Waals surface area contributed by atoms with Crippen LogP contribution >= 0.6 is 11.3 Å². The molecule has 1 aromatic heterocycles. The largest absolute Gasteiger partial charge is 0.507 e. The number of rotatable bonds is 3. The molecule has 0 atom stereocenters. The molecular weight excluding hydrogens is 380 g/mol. The lowest BCUT2D eigenvalue weighted by molar-refractivity contribution is 0.102. The smallest absolute Gasteiger partial charge is 0.255 e. The Labute approximate surface area is 171 Å². The van der Waals surface area contributed by atoms with Gasteiger partial charge in [-0.1, -0.05) is 42.5 Å². The van der Waals surface area contributed by atoms with Crippen molar-refractivity contribution in [2.24, 2.45) is 0 Å². The second-order valence-corrected chi connectivity index (χ2v) is 7.77. The summed E-state index contributed by atoms with van der Waals surface area (Å²) in [6.07, 6.45) is 0. The van der Waals surface area contributed by atoms with Crippen molar-refractivity contribution in [3.63, 3.8) is 0 Å². The predicted octanol–water partition coefficient (Wildman–Crippen LogP) is 6.07. The molecule has 0 spiro atoms. The molecule has 0 radical (unpaired) electrons. The first kappa shape index (κ1) is 17.4. The van der Waals surface area contributed by atoms with Crippen LogP contribution in [0.25, 0.3) is 31.6 Å². The summed E-state index contributed by atoms with van der Waals surface area (Å²) < 4.78 is 1.05. The lowest BCUT2D eigenvalue weighted by Gasteiger charge is -2.09. The first-order valence-electron chi connectivity index (χ1n) is 9.16. The topological polar surface area (TPSA) is 62.2 Å². The summed E-state index contributed by atoms with van der Waals surface area (Å²) in [5.74, 6) is -0.0653. The highest BCUT2D eigenvalue weighted by atomic mass is 32.1. The fourth-order valence-corrected chi connectivity index (χ4v) is 4.30. The maximum absolute atomic E-state index is 12.7. The fourth-order valence-electron chi connectivity index (χ4n) is 3.31. The van der Waals surface area contributed by atoms with Crippen molar-refractivity contribution >= 4 is 43.9 Å². The Kier molecular flexibility index (Phi) is 4.22. The van der Waals surface area contributed by atoms with Gasteiger partial charge in [-0.15, -0.1) is 11.3 Å². The zero-order valence-electron chi connectivity index (χ0n) is 15.3. The van der Waals surface area contributed by atoms with Gasteiger partial charge in [0.15, 0.2) is 0 Å². The molecule has 4 aromatic carbocycles. The molecule has 2 N–H and O–H groups in total. The molecule has 0 aliphatic carbocycles. The number of amides is 1. The van der Waals surface area contributed by atoms with Crippen molar-refractivity contribution in [1.29, 1.82) is 0 Å². The number of fused-ring (bicyclic) bond motifs is 2. The highest BCUT2D eigenvalue weighted by Crippen LogP contribution is 2.36. The van der Waals surface area contributed by atoms with Crippen molar-refractivity contribution in [3.05, 3.63) is 90.5 Å². The minimum Gasteiger partial charge on any atom is -0.507 e. The number of thiazole rings is 1. The number of nitrogens with one attached hydrogen (secondary N) is 1. The van der Waals surface area contributed by atoms with E-state index in [2.05, 4.69) is 10.3 Å². The van der Waals surface area contributed by atoms with Crippen LogP contribution in [-0.2, 0) is 0 Å². The molecule has 29 heavy (non-hydrogen) atoms. The quantitative estimate of drug-likeness (QED) is 0.364. The molecule has 0 unspecified atom stereocenters. The lowest BCUT2D eigenvalue weighted by atomic mass is 10.1. The maximum Gasteiger partial charge on any atom is 0.255 e. The van der Waals surface area contributed by atoms with E-state index in [1.165, 1.54) is 11.3 Å². The van der Waals surface area contributed by atoms with E-state index in [-0.39, 0.29) is 11.7 Å². The Morgan fingerprint density at radius 1 is 0.862 bits per heavy atom. The van der Waals surface area contributed by atoms with E-state index in [1.54, 1.807) is 18.2 Å². The first-order valence-corrected chi connectivity index (χ1v) is 9.98. The highest BCUT2D eigenvalue weighted by Gasteiger charge is 2.13. The zero-order valence-corrected chi connectivity index (χ0v) is 16.1. The summed E-state index contributed by atoms with van der Waals surface area (Å²) >= 11 is 1.51. The van der Waals surface area contributed by atoms with E-state index in [0.29, 0.717) is 21.8 Å². The summed E-state index contributed by atoms with van der Waals surface area (Å²) in [5, 5.41) is 16.1. The summed E-state index contributed by atoms with van der Waals surface area (Å²) in [6.45, 7) is 0. The number of hydrogen-bond acceptors (Lipinski definition) is 4. The lowest BCUT2D eigenvalue weighted by Crippen LogP contribution is -2.11. The second kappa shape index (κ2) is 7.04. The molecular formula is C24H16N2O2S. The Morgan fingerprint density at radius 3 is 2.52 bits per heavy atom. The third kappa shape index (κ3) is 3.32. The van der Waals surface area contributed by atoms with E-state index in [9.17, 15) is 9.90 Å². The zero-order chi connectivity index (χ0) is 19.8. The Hall–Kier alpha value is -3.70. The molecule has 0 saturated heterocycles. The van der Waals surface area contributed by atoms with Gasteiger partial charge in [0, 0.05) is 11.3 Å². The summed E-state index contributed by atoms with van der Waals surface area (Å²) in [6, 6.07) is 26.4. The van der Waals surface area contributed by atoms with Crippen molar-refractivity contribution in [2.45, 2.75) is 0 Å². The minimum absolute atomic E-state index is 0.132. The highest BCUT2D eigenvalue weighted by molar-refractivity contribution is 7.21. The summed E-state index contributed by atoms with van der Waals surface area (Å²) in [5.41, 5.74) is 2.67. The number of aromatic nitrogens is 1. The number of phenols is 1. The van der Waals surface area contributed by atoms with Gasteiger partial charge in [0.05, 0.1) is 15.8 Å². The number of para-hydroxylation sites is 1. The van der Waals surface area contributed by atoms with Gasteiger partial charge in [0.2, 0.25) is 0 Å². The minimum atomic E-state index is -0.198. The predicted molar refractivity (Wildman–Crippen MR) is 119 cm³/mol. The molecule has 1 heterocycles. The van der Waals surface area contributed by atoms with E-state index in [0.717, 1.165) is 21.0 Å². The summed E-state index contributed by atoms with van der Waals surface area (Å²) in [7, 11) is 0. The van der Waals surface area contributed by atoms with Gasteiger partial charge in [0.1, 0.15) is 10.8 Å². The number of hydrogen-bond donors (Lipinski definition) is 2. The van der Waals surface area contributed by atoms with Crippen molar-refractivity contribution < 1.29 is 9.90 Å². The van der Waals surface area contributed by atoms with Crippen LogP contribution in [0.3, 0.4) is 0 Å². The fraction of sp³-hybridized carbons (Fsp3) is 0. The molecule has 0 aliphatic heterocycles. The van der Waals surface area contributed by atoms with Crippen LogP contribution in [-0.4, -0.2) is 16.0 Å². The van der Waals surface area contributed by atoms with Gasteiger partial charge >= 0.3 is 0 Å². The Bertz CT molecular complexity index is 1340. The molecule has 0 aliphatic rings. The maximum atomic E-state index is 12.7. The number of aromatic hydroxyl groups is 1. The van der Waals surface area contributed by atoms with Crippen LogP contribution in [0.2, 0.25) is 0 Å². The number of carbonyl (C=O) groups excluding carboxylic acids is 1. The number of benzene rings is 4. The molecule has 0 saturated carbocycles. The van der Waals surface area contributed by atoms with E-state index < -0.39 is 0 Å². The molecule has 0 fully saturated rings. The SMILES string of the molecule is O=C(Nc1ccc(O)c(-c2nc3ccccc3s2)c1)c1ccc2ccccc2c1. The number of carbonyl (C=O) groups is 1. The Morgan fingerprint density at radius 2 is 1.66 bits per heavy atom. The number of nitrogens with zero attached hydrogens (tertiary/aromatic N) is 1. The average molecular weight is 396 g/mol. The van der Waals surface area contributed by atoms with Crippen molar-refractivity contribution in [2.75, 3.05) is 5.32 Å². The van der Waals surface area contributed by atoms with Crippen molar-refractivity contribution in [3.8, 4) is 16.3 Å². The summed E-state index contributed by atoms with van der Waals surface area (Å²) in [4.78, 5) is 17.3.